The van der Waals surface area contributed by atoms with Crippen LogP contribution in [0.1, 0.15) is 0 Å². The molecule has 0 radical (unpaired) electrons. The predicted molar refractivity (Wildman–Crippen MR) is 47.9 cm³/mol. The lowest BCUT2D eigenvalue weighted by atomic mass is 10.0. The second-order valence-corrected chi connectivity index (χ2v) is 3.39. The molecule has 0 saturated carbocycles. The van der Waals surface area contributed by atoms with E-state index in [9.17, 15) is 30.3 Å². The van der Waals surface area contributed by atoms with E-state index < -0.39 is 46.4 Å². The Balaban J connectivity index is 2.91. The van der Waals surface area contributed by atoms with Gasteiger partial charge in [0.05, 0.1) is 13.1 Å². The van der Waals surface area contributed by atoms with Crippen molar-refractivity contribution in [3.05, 3.63) is 30.3 Å². The van der Waals surface area contributed by atoms with Crippen molar-refractivity contribution in [1.29, 1.82) is 0 Å². The fourth-order valence-electron chi connectivity index (χ4n) is 1.58. The third-order valence-corrected chi connectivity index (χ3v) is 2.23. The number of hydrogen-bond acceptors (Lipinski definition) is 10. The van der Waals surface area contributed by atoms with Gasteiger partial charge in [0.25, 0.3) is 16.2 Å². The molecular formula is C5H8N4O9. The molecule has 0 aromatic heterocycles. The first-order valence-electron chi connectivity index (χ1n) is 4.51. The summed E-state index contributed by atoms with van der Waals surface area (Å²) in [6.07, 6.45) is -3.41. The Hall–Kier alpha value is -2.28. The van der Waals surface area contributed by atoms with Crippen LogP contribution in [0, 0.1) is 30.3 Å². The third-order valence-electron chi connectivity index (χ3n) is 2.23. The first kappa shape index (κ1) is 13.8. The molecule has 0 bridgehead atoms. The molecular weight excluding hydrogens is 260 g/mol. The maximum absolute atomic E-state index is 10.7. The Kier molecular flexibility index (Phi) is 4.11. The van der Waals surface area contributed by atoms with Crippen molar-refractivity contribution in [2.24, 2.45) is 0 Å². The molecule has 13 nitrogen and oxygen atoms in total. The van der Waals surface area contributed by atoms with E-state index in [-0.39, 0.29) is 0 Å². The Bertz CT molecular complexity index is 361. The van der Waals surface area contributed by atoms with E-state index in [0.29, 0.717) is 5.06 Å². The summed E-state index contributed by atoms with van der Waals surface area (Å²) in [6.45, 7) is -1.09. The van der Waals surface area contributed by atoms with Gasteiger partial charge in [0.2, 0.25) is 6.10 Å². The molecule has 0 spiro atoms. The molecule has 0 aliphatic carbocycles. The molecule has 13 heteroatoms. The van der Waals surface area contributed by atoms with Crippen LogP contribution in [-0.2, 0) is 9.68 Å². The van der Waals surface area contributed by atoms with Crippen LogP contribution in [0.5, 0.6) is 0 Å². The molecule has 1 rings (SSSR count). The van der Waals surface area contributed by atoms with Crippen molar-refractivity contribution in [3.8, 4) is 0 Å². The molecule has 102 valence electrons. The van der Waals surface area contributed by atoms with E-state index >= 15 is 0 Å². The van der Waals surface area contributed by atoms with Crippen LogP contribution in [0.3, 0.4) is 0 Å². The van der Waals surface area contributed by atoms with Gasteiger partial charge in [0, 0.05) is 4.92 Å². The van der Waals surface area contributed by atoms with E-state index in [1.807, 2.05) is 0 Å². The smallest absolute Gasteiger partial charge is 0.295 e. The molecule has 1 aliphatic rings. The summed E-state index contributed by atoms with van der Waals surface area (Å²) >= 11 is 0. The van der Waals surface area contributed by atoms with E-state index in [2.05, 4.69) is 9.68 Å². The number of nitrogens with zero attached hydrogens (tertiary/aromatic N) is 4. The topological polar surface area (TPSA) is 171 Å². The van der Waals surface area contributed by atoms with Gasteiger partial charge in [0.15, 0.2) is 6.10 Å². The fourth-order valence-corrected chi connectivity index (χ4v) is 1.58. The molecule has 1 saturated heterocycles. The van der Waals surface area contributed by atoms with Crippen molar-refractivity contribution in [1.82, 2.24) is 5.06 Å². The minimum Gasteiger partial charge on any atom is -0.314 e. The summed E-state index contributed by atoms with van der Waals surface area (Å²) in [7, 11) is 0. The van der Waals surface area contributed by atoms with Crippen LogP contribution in [-0.4, -0.2) is 56.7 Å². The fraction of sp³-hybridized carbons (Fsp3) is 1.00. The minimum atomic E-state index is -1.77. The molecule has 3 unspecified atom stereocenters. The van der Waals surface area contributed by atoms with Gasteiger partial charge in [-0.25, -0.2) is 0 Å². The summed E-state index contributed by atoms with van der Waals surface area (Å²) in [4.78, 5) is 38.2. The maximum atomic E-state index is 10.7. The average molecular weight is 268 g/mol. The number of hydrogen-bond donors (Lipinski definition) is 1. The largest absolute Gasteiger partial charge is 0.314 e. The highest BCUT2D eigenvalue weighted by Crippen LogP contribution is 2.19. The number of piperidine rings is 1. The van der Waals surface area contributed by atoms with E-state index in [4.69, 9.17) is 5.21 Å². The maximum Gasteiger partial charge on any atom is 0.295 e. The van der Waals surface area contributed by atoms with Crippen LogP contribution >= 0.6 is 0 Å². The lowest BCUT2D eigenvalue weighted by Crippen LogP contribution is -2.59. The lowest BCUT2D eigenvalue weighted by molar-refractivity contribution is -0.808. The van der Waals surface area contributed by atoms with Gasteiger partial charge < -0.3 is 14.9 Å². The minimum absolute atomic E-state index is 0.404. The Morgan fingerprint density at radius 3 is 2.06 bits per heavy atom. The quantitative estimate of drug-likeness (QED) is 0.456. The van der Waals surface area contributed by atoms with Gasteiger partial charge in [-0.2, -0.15) is 5.06 Å². The number of nitro groups is 1. The second kappa shape index (κ2) is 5.37. The van der Waals surface area contributed by atoms with E-state index in [0.717, 1.165) is 0 Å². The SMILES string of the molecule is O=[N+]([O-])OC1CN(O)CC([N+](=O)[O-])C1O[N+](=O)[O-]. The Morgan fingerprint density at radius 2 is 1.61 bits per heavy atom. The van der Waals surface area contributed by atoms with E-state index in [1.54, 1.807) is 0 Å². The van der Waals surface area contributed by atoms with Gasteiger partial charge in [0.1, 0.15) is 0 Å². The molecule has 0 aromatic carbocycles. The van der Waals surface area contributed by atoms with Crippen LogP contribution in [0.4, 0.5) is 0 Å². The van der Waals surface area contributed by atoms with Crippen molar-refractivity contribution in [3.63, 3.8) is 0 Å². The molecule has 1 N–H and O–H groups in total. The van der Waals surface area contributed by atoms with Crippen molar-refractivity contribution in [2.45, 2.75) is 18.2 Å². The van der Waals surface area contributed by atoms with Crippen LogP contribution in [0.15, 0.2) is 0 Å². The lowest BCUT2D eigenvalue weighted by Gasteiger charge is -2.33. The summed E-state index contributed by atoms with van der Waals surface area (Å²) < 4.78 is 0. The first-order chi connectivity index (χ1) is 8.31. The standard InChI is InChI=1S/C5H8N4O9/c10-6-1-3(7(11)12)5(18-9(15)16)4(2-6)17-8(13)14/h3-5,10H,1-2H2. The summed E-state index contributed by atoms with van der Waals surface area (Å²) in [5.41, 5.74) is 0. The van der Waals surface area contributed by atoms with E-state index in [1.165, 1.54) is 0 Å². The Labute approximate surface area is 97.8 Å². The van der Waals surface area contributed by atoms with Crippen LogP contribution in [0.25, 0.3) is 0 Å². The van der Waals surface area contributed by atoms with Gasteiger partial charge >= 0.3 is 0 Å². The summed E-state index contributed by atoms with van der Waals surface area (Å²) in [5.74, 6) is 0. The molecule has 0 aromatic rings. The van der Waals surface area contributed by atoms with Gasteiger partial charge in [-0.1, -0.05) is 0 Å². The molecule has 0 amide bonds. The van der Waals surface area contributed by atoms with Crippen LogP contribution in [0.2, 0.25) is 0 Å². The van der Waals surface area contributed by atoms with Crippen LogP contribution < -0.4 is 0 Å². The third kappa shape index (κ3) is 3.36. The molecule has 1 heterocycles. The monoisotopic (exact) mass is 268 g/mol. The normalized spacial score (nSPS) is 28.4. The highest BCUT2D eigenvalue weighted by Gasteiger charge is 2.48. The zero-order valence-electron chi connectivity index (χ0n) is 8.65. The zero-order valence-corrected chi connectivity index (χ0v) is 8.65. The highest BCUT2D eigenvalue weighted by atomic mass is 17.0. The molecule has 3 atom stereocenters. The highest BCUT2D eigenvalue weighted by molar-refractivity contribution is 4.85. The molecule has 1 aliphatic heterocycles. The molecule has 18 heavy (non-hydrogen) atoms. The average Bonchev–Trinajstić information content (AvgIpc) is 2.19. The molecule has 1 fully saturated rings. The first-order valence-corrected chi connectivity index (χ1v) is 4.51. The van der Waals surface area contributed by atoms with Gasteiger partial charge in [-0.05, 0) is 0 Å². The predicted octanol–water partition coefficient (Wildman–Crippen LogP) is -1.51. The zero-order chi connectivity index (χ0) is 13.9. The van der Waals surface area contributed by atoms with Gasteiger partial charge in [-0.3, -0.25) is 10.1 Å². The number of hydroxylamine groups is 2. The van der Waals surface area contributed by atoms with Crippen molar-refractivity contribution >= 4 is 0 Å². The van der Waals surface area contributed by atoms with Crippen molar-refractivity contribution in [2.75, 3.05) is 13.1 Å². The van der Waals surface area contributed by atoms with Crippen molar-refractivity contribution < 1.29 is 30.0 Å². The Morgan fingerprint density at radius 1 is 1.06 bits per heavy atom. The summed E-state index contributed by atoms with van der Waals surface area (Å²) in [6, 6.07) is -1.72. The number of rotatable bonds is 5. The second-order valence-electron chi connectivity index (χ2n) is 3.39. The summed E-state index contributed by atoms with van der Waals surface area (Å²) in [5, 5.41) is 38.0. The van der Waals surface area contributed by atoms with Gasteiger partial charge in [-0.15, -0.1) is 20.2 Å².